The van der Waals surface area contributed by atoms with Crippen LogP contribution in [0.1, 0.15) is 35.6 Å². The SMILES string of the molecule is CCCNC(=O)[C@@H](Cc1ccccc1)N(Cc1c(Cl)cccc1Cl)C(=O)CN(c1cc(Cl)ccc1C)S(=O)(=O)c1ccc(C)cc1. The monoisotopic (exact) mass is 699 g/mol. The van der Waals surface area contributed by atoms with Gasteiger partial charge in [0.2, 0.25) is 11.8 Å². The van der Waals surface area contributed by atoms with Gasteiger partial charge in [0.05, 0.1) is 10.6 Å². The van der Waals surface area contributed by atoms with Crippen LogP contribution in [-0.4, -0.2) is 44.3 Å². The molecule has 0 aliphatic carbocycles. The molecule has 46 heavy (non-hydrogen) atoms. The number of hydrogen-bond acceptors (Lipinski definition) is 4. The summed E-state index contributed by atoms with van der Waals surface area (Å²) in [5.74, 6) is -1.01. The van der Waals surface area contributed by atoms with Gasteiger partial charge in [0.1, 0.15) is 12.6 Å². The van der Waals surface area contributed by atoms with Crippen molar-refractivity contribution >= 4 is 62.3 Å². The summed E-state index contributed by atoms with van der Waals surface area (Å²) in [5, 5.41) is 3.85. The Morgan fingerprint density at radius 1 is 0.848 bits per heavy atom. The van der Waals surface area contributed by atoms with Gasteiger partial charge >= 0.3 is 0 Å². The summed E-state index contributed by atoms with van der Waals surface area (Å²) in [7, 11) is -4.27. The topological polar surface area (TPSA) is 86.8 Å². The van der Waals surface area contributed by atoms with E-state index >= 15 is 0 Å². The first-order valence-electron chi connectivity index (χ1n) is 14.8. The summed E-state index contributed by atoms with van der Waals surface area (Å²) >= 11 is 19.5. The van der Waals surface area contributed by atoms with E-state index in [1.807, 2.05) is 44.2 Å². The third-order valence-corrected chi connectivity index (χ3v) is 10.3. The van der Waals surface area contributed by atoms with Crippen molar-refractivity contribution in [2.24, 2.45) is 0 Å². The number of hydrogen-bond donors (Lipinski definition) is 1. The van der Waals surface area contributed by atoms with Crippen LogP contribution in [0.3, 0.4) is 0 Å². The van der Waals surface area contributed by atoms with Crippen molar-refractivity contribution in [3.05, 3.63) is 128 Å². The van der Waals surface area contributed by atoms with Gasteiger partial charge in [0.25, 0.3) is 10.0 Å². The molecule has 0 aliphatic heterocycles. The van der Waals surface area contributed by atoms with E-state index in [9.17, 15) is 18.0 Å². The highest BCUT2D eigenvalue weighted by Crippen LogP contribution is 2.31. The van der Waals surface area contributed by atoms with Crippen LogP contribution < -0.4 is 9.62 Å². The van der Waals surface area contributed by atoms with E-state index in [-0.39, 0.29) is 29.5 Å². The van der Waals surface area contributed by atoms with Gasteiger partial charge < -0.3 is 10.2 Å². The molecule has 0 heterocycles. The minimum atomic E-state index is -4.27. The predicted octanol–water partition coefficient (Wildman–Crippen LogP) is 7.63. The van der Waals surface area contributed by atoms with Gasteiger partial charge in [-0.2, -0.15) is 0 Å². The average molecular weight is 701 g/mol. The second-order valence-corrected chi connectivity index (χ2v) is 14.1. The summed E-state index contributed by atoms with van der Waals surface area (Å²) in [5.41, 5.74) is 2.97. The molecule has 1 atom stereocenters. The lowest BCUT2D eigenvalue weighted by molar-refractivity contribution is -0.140. The average Bonchev–Trinajstić information content (AvgIpc) is 3.03. The zero-order chi connectivity index (χ0) is 33.4. The van der Waals surface area contributed by atoms with E-state index in [0.717, 1.165) is 15.4 Å². The molecular formula is C35H36Cl3N3O4S. The molecule has 4 aromatic rings. The number of carbonyl (C=O) groups excluding carboxylic acids is 2. The summed E-state index contributed by atoms with van der Waals surface area (Å²) < 4.78 is 29.6. The van der Waals surface area contributed by atoms with Gasteiger partial charge in [-0.25, -0.2) is 8.42 Å². The van der Waals surface area contributed by atoms with Crippen molar-refractivity contribution in [1.29, 1.82) is 0 Å². The van der Waals surface area contributed by atoms with Crippen molar-refractivity contribution in [2.75, 3.05) is 17.4 Å². The maximum atomic E-state index is 14.6. The number of carbonyl (C=O) groups is 2. The first-order chi connectivity index (χ1) is 21.9. The Hall–Kier alpha value is -3.56. The molecule has 242 valence electrons. The van der Waals surface area contributed by atoms with Gasteiger partial charge in [0, 0.05) is 40.1 Å². The van der Waals surface area contributed by atoms with Gasteiger partial charge in [0.15, 0.2) is 0 Å². The molecule has 0 fully saturated rings. The number of rotatable bonds is 13. The number of sulfonamides is 1. The van der Waals surface area contributed by atoms with Crippen LogP contribution in [0.15, 0.2) is 95.9 Å². The molecule has 1 N–H and O–H groups in total. The van der Waals surface area contributed by atoms with Gasteiger partial charge in [-0.15, -0.1) is 0 Å². The highest BCUT2D eigenvalue weighted by molar-refractivity contribution is 7.92. The van der Waals surface area contributed by atoms with Gasteiger partial charge in [-0.1, -0.05) is 102 Å². The molecule has 0 bridgehead atoms. The normalized spacial score (nSPS) is 12.0. The minimum Gasteiger partial charge on any atom is -0.354 e. The number of nitrogens with zero attached hydrogens (tertiary/aromatic N) is 2. The molecule has 0 aromatic heterocycles. The van der Waals surface area contributed by atoms with Crippen LogP contribution in [-0.2, 0) is 32.6 Å². The van der Waals surface area contributed by atoms with Crippen molar-refractivity contribution < 1.29 is 18.0 Å². The molecule has 4 rings (SSSR count). The molecule has 4 aromatic carbocycles. The van der Waals surface area contributed by atoms with Crippen LogP contribution in [0.25, 0.3) is 0 Å². The molecule has 0 unspecified atom stereocenters. The maximum absolute atomic E-state index is 14.6. The van der Waals surface area contributed by atoms with Crippen LogP contribution >= 0.6 is 34.8 Å². The van der Waals surface area contributed by atoms with Crippen LogP contribution in [0.5, 0.6) is 0 Å². The number of nitrogens with one attached hydrogen (secondary N) is 1. The Labute approximate surface area is 286 Å². The smallest absolute Gasteiger partial charge is 0.264 e. The van der Waals surface area contributed by atoms with E-state index in [2.05, 4.69) is 5.32 Å². The van der Waals surface area contributed by atoms with Gasteiger partial charge in [-0.05, 0) is 67.8 Å². The van der Waals surface area contributed by atoms with E-state index < -0.39 is 28.5 Å². The van der Waals surface area contributed by atoms with Crippen molar-refractivity contribution in [3.63, 3.8) is 0 Å². The highest BCUT2D eigenvalue weighted by atomic mass is 35.5. The molecule has 0 radical (unpaired) electrons. The van der Waals surface area contributed by atoms with E-state index in [1.165, 1.54) is 23.1 Å². The van der Waals surface area contributed by atoms with Gasteiger partial charge in [-0.3, -0.25) is 13.9 Å². The first-order valence-corrected chi connectivity index (χ1v) is 17.4. The lowest BCUT2D eigenvalue weighted by atomic mass is 10.0. The van der Waals surface area contributed by atoms with Crippen molar-refractivity contribution in [2.45, 2.75) is 51.1 Å². The standard InChI is InChI=1S/C35H36Cl3N3O4S/c1-4-19-39-35(43)33(20-26-9-6-5-7-10-26)40(22-29-30(37)11-8-12-31(29)38)34(42)23-41(32-21-27(36)16-15-25(32)3)46(44,45)28-17-13-24(2)14-18-28/h5-18,21,33H,4,19-20,22-23H2,1-3H3,(H,39,43)/t33-/m1/s1. The van der Waals surface area contributed by atoms with E-state index in [1.54, 1.807) is 49.4 Å². The summed E-state index contributed by atoms with van der Waals surface area (Å²) in [4.78, 5) is 29.8. The molecule has 0 saturated carbocycles. The van der Waals surface area contributed by atoms with E-state index in [0.29, 0.717) is 39.2 Å². The number of anilines is 1. The third-order valence-electron chi connectivity index (χ3n) is 7.54. The Bertz CT molecular complexity index is 1760. The fourth-order valence-corrected chi connectivity index (χ4v) is 7.13. The minimum absolute atomic E-state index is 0.00694. The fourth-order valence-electron chi connectivity index (χ4n) is 4.98. The van der Waals surface area contributed by atoms with Crippen molar-refractivity contribution in [1.82, 2.24) is 10.2 Å². The predicted molar refractivity (Wildman–Crippen MR) is 186 cm³/mol. The summed E-state index contributed by atoms with van der Waals surface area (Å²) in [6.07, 6.45) is 0.857. The largest absolute Gasteiger partial charge is 0.354 e. The van der Waals surface area contributed by atoms with Crippen LogP contribution in [0.4, 0.5) is 5.69 Å². The number of aryl methyl sites for hydroxylation is 2. The zero-order valence-electron chi connectivity index (χ0n) is 25.8. The summed E-state index contributed by atoms with van der Waals surface area (Å²) in [6, 6.07) is 24.5. The fraction of sp³-hybridized carbons (Fsp3) is 0.257. The second-order valence-electron chi connectivity index (χ2n) is 11.0. The molecular weight excluding hydrogens is 665 g/mol. The molecule has 7 nitrogen and oxygen atoms in total. The Balaban J connectivity index is 1.86. The van der Waals surface area contributed by atoms with Crippen molar-refractivity contribution in [3.8, 4) is 0 Å². The number of amides is 2. The van der Waals surface area contributed by atoms with E-state index in [4.69, 9.17) is 34.8 Å². The second kappa shape index (κ2) is 15.8. The summed E-state index contributed by atoms with van der Waals surface area (Å²) in [6.45, 7) is 5.17. The molecule has 0 aliphatic rings. The Morgan fingerprint density at radius 3 is 2.13 bits per heavy atom. The quantitative estimate of drug-likeness (QED) is 0.156. The molecule has 2 amide bonds. The Morgan fingerprint density at radius 2 is 1.50 bits per heavy atom. The lowest BCUT2D eigenvalue weighted by Gasteiger charge is -2.34. The number of benzene rings is 4. The lowest BCUT2D eigenvalue weighted by Crippen LogP contribution is -2.53. The van der Waals surface area contributed by atoms with Crippen LogP contribution in [0.2, 0.25) is 15.1 Å². The first kappa shape index (κ1) is 35.3. The third kappa shape index (κ3) is 8.62. The molecule has 11 heteroatoms. The maximum Gasteiger partial charge on any atom is 0.264 e. The Kier molecular flexibility index (Phi) is 12.1. The molecule has 0 spiro atoms. The number of halogens is 3. The highest BCUT2D eigenvalue weighted by Gasteiger charge is 2.35. The zero-order valence-corrected chi connectivity index (χ0v) is 28.9. The van der Waals surface area contributed by atoms with Crippen LogP contribution in [0, 0.1) is 13.8 Å². The molecule has 0 saturated heterocycles.